The van der Waals surface area contributed by atoms with E-state index >= 15 is 0 Å². The van der Waals surface area contributed by atoms with Crippen molar-refractivity contribution in [2.24, 2.45) is 5.92 Å². The zero-order valence-corrected chi connectivity index (χ0v) is 19.8. The summed E-state index contributed by atoms with van der Waals surface area (Å²) in [5.41, 5.74) is 0.819. The minimum atomic E-state index is -4.43. The second-order valence-electron chi connectivity index (χ2n) is 8.40. The SMILES string of the molecule is COc1ccccc1-c1ccc(N2CCC(C(=O)NCCOc3cccc(C(F)(F)F)c3)CC2)nn1. The number of alkyl halides is 3. The van der Waals surface area contributed by atoms with Crippen molar-refractivity contribution < 1.29 is 27.4 Å². The van der Waals surface area contributed by atoms with Crippen LogP contribution < -0.4 is 19.7 Å². The Morgan fingerprint density at radius 3 is 2.53 bits per heavy atom. The summed E-state index contributed by atoms with van der Waals surface area (Å²) in [4.78, 5) is 14.6. The average Bonchev–Trinajstić information content (AvgIpc) is 2.91. The van der Waals surface area contributed by atoms with Crippen LogP contribution in [0.4, 0.5) is 19.0 Å². The third-order valence-electron chi connectivity index (χ3n) is 6.05. The summed E-state index contributed by atoms with van der Waals surface area (Å²) in [5, 5.41) is 11.5. The molecule has 0 unspecified atom stereocenters. The van der Waals surface area contributed by atoms with Crippen LogP contribution >= 0.6 is 0 Å². The van der Waals surface area contributed by atoms with Crippen molar-refractivity contribution in [2.45, 2.75) is 19.0 Å². The zero-order chi connectivity index (χ0) is 25.5. The lowest BCUT2D eigenvalue weighted by Crippen LogP contribution is -2.41. The van der Waals surface area contributed by atoms with Gasteiger partial charge in [-0.2, -0.15) is 13.2 Å². The maximum Gasteiger partial charge on any atom is 0.416 e. The van der Waals surface area contributed by atoms with Crippen LogP contribution in [0.15, 0.2) is 60.7 Å². The van der Waals surface area contributed by atoms with Gasteiger partial charge in [-0.15, -0.1) is 10.2 Å². The van der Waals surface area contributed by atoms with Gasteiger partial charge in [-0.05, 0) is 55.3 Å². The molecule has 1 saturated heterocycles. The number of piperidine rings is 1. The van der Waals surface area contributed by atoms with Gasteiger partial charge in [-0.25, -0.2) is 0 Å². The first-order valence-electron chi connectivity index (χ1n) is 11.6. The fourth-order valence-electron chi connectivity index (χ4n) is 4.11. The number of nitrogens with zero attached hydrogens (tertiary/aromatic N) is 3. The van der Waals surface area contributed by atoms with E-state index in [0.29, 0.717) is 25.9 Å². The van der Waals surface area contributed by atoms with E-state index in [0.717, 1.165) is 35.0 Å². The van der Waals surface area contributed by atoms with Gasteiger partial charge < -0.3 is 19.7 Å². The van der Waals surface area contributed by atoms with E-state index in [4.69, 9.17) is 9.47 Å². The van der Waals surface area contributed by atoms with Crippen molar-refractivity contribution in [2.75, 3.05) is 38.3 Å². The largest absolute Gasteiger partial charge is 0.496 e. The number of anilines is 1. The second kappa shape index (κ2) is 11.3. The lowest BCUT2D eigenvalue weighted by molar-refractivity contribution is -0.137. The monoisotopic (exact) mass is 500 g/mol. The average molecular weight is 501 g/mol. The maximum absolute atomic E-state index is 12.8. The Labute approximate surface area is 207 Å². The minimum absolute atomic E-state index is 0.0834. The number of aromatic nitrogens is 2. The lowest BCUT2D eigenvalue weighted by Gasteiger charge is -2.31. The second-order valence-corrected chi connectivity index (χ2v) is 8.40. The van der Waals surface area contributed by atoms with Gasteiger partial charge in [0.15, 0.2) is 5.82 Å². The number of para-hydroxylation sites is 1. The van der Waals surface area contributed by atoms with E-state index in [2.05, 4.69) is 20.4 Å². The van der Waals surface area contributed by atoms with E-state index in [1.807, 2.05) is 36.4 Å². The van der Waals surface area contributed by atoms with Gasteiger partial charge in [-0.1, -0.05) is 18.2 Å². The van der Waals surface area contributed by atoms with Crippen LogP contribution in [0.5, 0.6) is 11.5 Å². The molecule has 2 aromatic carbocycles. The standard InChI is InChI=1S/C26H27F3N4O3/c1-35-23-8-3-2-7-21(23)22-9-10-24(32-31-22)33-14-11-18(12-15-33)25(34)30-13-16-36-20-6-4-5-19(17-20)26(27,28)29/h2-10,17-18H,11-16H2,1H3,(H,30,34). The molecule has 1 N–H and O–H groups in total. The molecule has 10 heteroatoms. The van der Waals surface area contributed by atoms with Crippen molar-refractivity contribution in [3.05, 3.63) is 66.2 Å². The maximum atomic E-state index is 12.8. The van der Waals surface area contributed by atoms with Crippen molar-refractivity contribution in [1.82, 2.24) is 15.5 Å². The molecule has 0 radical (unpaired) electrons. The first kappa shape index (κ1) is 25.3. The van der Waals surface area contributed by atoms with Gasteiger partial charge in [0.25, 0.3) is 0 Å². The number of amides is 1. The van der Waals surface area contributed by atoms with Gasteiger partial charge in [-0.3, -0.25) is 4.79 Å². The molecule has 1 aromatic heterocycles. The van der Waals surface area contributed by atoms with Crippen molar-refractivity contribution in [3.63, 3.8) is 0 Å². The molecule has 7 nitrogen and oxygen atoms in total. The molecule has 0 spiro atoms. The highest BCUT2D eigenvalue weighted by atomic mass is 19.4. The third-order valence-corrected chi connectivity index (χ3v) is 6.05. The summed E-state index contributed by atoms with van der Waals surface area (Å²) < 4.78 is 49.1. The summed E-state index contributed by atoms with van der Waals surface area (Å²) in [5.74, 6) is 1.37. The predicted octanol–water partition coefficient (Wildman–Crippen LogP) is 4.58. The van der Waals surface area contributed by atoms with E-state index in [1.54, 1.807) is 7.11 Å². The van der Waals surface area contributed by atoms with Crippen LogP contribution in [0.3, 0.4) is 0 Å². The van der Waals surface area contributed by atoms with Gasteiger partial charge in [0.2, 0.25) is 5.91 Å². The molecule has 1 aliphatic rings. The first-order valence-corrected chi connectivity index (χ1v) is 11.6. The van der Waals surface area contributed by atoms with Crippen LogP contribution in [0.2, 0.25) is 0 Å². The zero-order valence-electron chi connectivity index (χ0n) is 19.8. The van der Waals surface area contributed by atoms with Gasteiger partial charge in [0.05, 0.1) is 24.9 Å². The molecule has 0 saturated carbocycles. The molecule has 36 heavy (non-hydrogen) atoms. The Bertz CT molecular complexity index is 1160. The summed E-state index contributed by atoms with van der Waals surface area (Å²) in [6, 6.07) is 16.1. The minimum Gasteiger partial charge on any atom is -0.496 e. The Morgan fingerprint density at radius 1 is 1.06 bits per heavy atom. The number of hydrogen-bond acceptors (Lipinski definition) is 6. The Morgan fingerprint density at radius 2 is 1.83 bits per heavy atom. The van der Waals surface area contributed by atoms with E-state index < -0.39 is 11.7 Å². The highest BCUT2D eigenvalue weighted by Crippen LogP contribution is 2.31. The number of carbonyl (C=O) groups excluding carboxylic acids is 1. The molecule has 0 atom stereocenters. The van der Waals surface area contributed by atoms with Crippen LogP contribution in [-0.2, 0) is 11.0 Å². The quantitative estimate of drug-likeness (QED) is 0.457. The fourth-order valence-corrected chi connectivity index (χ4v) is 4.11. The lowest BCUT2D eigenvalue weighted by atomic mass is 9.96. The number of nitrogens with one attached hydrogen (secondary N) is 1. The topological polar surface area (TPSA) is 76.6 Å². The van der Waals surface area contributed by atoms with Gasteiger partial charge in [0, 0.05) is 24.6 Å². The van der Waals surface area contributed by atoms with Crippen molar-refractivity contribution >= 4 is 11.7 Å². The summed E-state index contributed by atoms with van der Waals surface area (Å²) in [7, 11) is 1.62. The van der Waals surface area contributed by atoms with Crippen molar-refractivity contribution in [1.29, 1.82) is 0 Å². The number of methoxy groups -OCH3 is 1. The number of hydrogen-bond donors (Lipinski definition) is 1. The van der Waals surface area contributed by atoms with E-state index in [-0.39, 0.29) is 30.7 Å². The molecule has 3 aromatic rings. The number of halogens is 3. The molecule has 0 bridgehead atoms. The summed E-state index contributed by atoms with van der Waals surface area (Å²) >= 11 is 0. The molecule has 2 heterocycles. The molecule has 1 aliphatic heterocycles. The van der Waals surface area contributed by atoms with Crippen LogP contribution in [-0.4, -0.2) is 49.5 Å². The number of benzene rings is 2. The molecule has 4 rings (SSSR count). The van der Waals surface area contributed by atoms with Crippen LogP contribution in [0.25, 0.3) is 11.3 Å². The third kappa shape index (κ3) is 6.24. The highest BCUT2D eigenvalue weighted by Gasteiger charge is 2.30. The predicted molar refractivity (Wildman–Crippen MR) is 129 cm³/mol. The number of rotatable bonds is 8. The molecular weight excluding hydrogens is 473 g/mol. The van der Waals surface area contributed by atoms with E-state index in [9.17, 15) is 18.0 Å². The number of carbonyl (C=O) groups is 1. The fraction of sp³-hybridized carbons (Fsp3) is 0.346. The van der Waals surface area contributed by atoms with Gasteiger partial charge in [0.1, 0.15) is 18.1 Å². The van der Waals surface area contributed by atoms with Crippen LogP contribution in [0, 0.1) is 5.92 Å². The van der Waals surface area contributed by atoms with E-state index in [1.165, 1.54) is 12.1 Å². The molecule has 0 aliphatic carbocycles. The Kier molecular flexibility index (Phi) is 7.92. The molecule has 1 amide bonds. The molecule has 190 valence electrons. The summed E-state index contributed by atoms with van der Waals surface area (Å²) in [6.07, 6.45) is -3.10. The molecule has 1 fully saturated rings. The number of ether oxygens (including phenoxy) is 2. The molecular formula is C26H27F3N4O3. The summed E-state index contributed by atoms with van der Waals surface area (Å²) in [6.45, 7) is 1.63. The normalized spacial score (nSPS) is 14.4. The van der Waals surface area contributed by atoms with Gasteiger partial charge >= 0.3 is 6.18 Å². The Hall–Kier alpha value is -3.82. The smallest absolute Gasteiger partial charge is 0.416 e. The van der Waals surface area contributed by atoms with Crippen LogP contribution in [0.1, 0.15) is 18.4 Å². The first-order chi connectivity index (χ1) is 17.3. The Balaban J connectivity index is 1.22. The van der Waals surface area contributed by atoms with Crippen molar-refractivity contribution in [3.8, 4) is 22.8 Å². The highest BCUT2D eigenvalue weighted by molar-refractivity contribution is 5.79.